The zero-order valence-corrected chi connectivity index (χ0v) is 17.0. The summed E-state index contributed by atoms with van der Waals surface area (Å²) in [6, 6.07) is 17.1. The first kappa shape index (κ1) is 17.5. The standard InChI is InChI=1S/C21H14N2O2S3/c24-28(25,20-12-26-18-7-2-1-6-16(18)20)13-14-4-3-5-15(10-14)21-23-17-8-9-22-11-19(17)27-21/h1-12H,13H2. The maximum absolute atomic E-state index is 13.1. The average Bonchev–Trinajstić information content (AvgIpc) is 3.32. The lowest BCUT2D eigenvalue weighted by atomic mass is 10.1. The molecule has 2 aromatic carbocycles. The Morgan fingerprint density at radius 2 is 1.86 bits per heavy atom. The fourth-order valence-electron chi connectivity index (χ4n) is 3.19. The van der Waals surface area contributed by atoms with Crippen LogP contribution in [-0.2, 0) is 15.6 Å². The van der Waals surface area contributed by atoms with Crippen LogP contribution in [0.4, 0.5) is 0 Å². The molecule has 3 aromatic heterocycles. The summed E-state index contributed by atoms with van der Waals surface area (Å²) in [6.45, 7) is 0. The van der Waals surface area contributed by atoms with Gasteiger partial charge in [-0.05, 0) is 23.8 Å². The van der Waals surface area contributed by atoms with E-state index >= 15 is 0 Å². The van der Waals surface area contributed by atoms with E-state index < -0.39 is 9.84 Å². The third kappa shape index (κ3) is 3.11. The van der Waals surface area contributed by atoms with Gasteiger partial charge in [0.05, 0.1) is 20.9 Å². The summed E-state index contributed by atoms with van der Waals surface area (Å²) in [5, 5.41) is 3.40. The number of hydrogen-bond acceptors (Lipinski definition) is 6. The quantitative estimate of drug-likeness (QED) is 0.381. The van der Waals surface area contributed by atoms with Gasteiger partial charge in [-0.15, -0.1) is 22.7 Å². The van der Waals surface area contributed by atoms with Crippen molar-refractivity contribution in [1.29, 1.82) is 0 Å². The van der Waals surface area contributed by atoms with Crippen molar-refractivity contribution in [2.24, 2.45) is 0 Å². The Labute approximate surface area is 170 Å². The molecular formula is C21H14N2O2S3. The number of fused-ring (bicyclic) bond motifs is 2. The number of pyridine rings is 1. The molecule has 5 rings (SSSR count). The van der Waals surface area contributed by atoms with Gasteiger partial charge in [-0.1, -0.05) is 36.4 Å². The van der Waals surface area contributed by atoms with Gasteiger partial charge in [-0.3, -0.25) is 4.98 Å². The Balaban J connectivity index is 1.51. The third-order valence-electron chi connectivity index (χ3n) is 4.50. The SMILES string of the molecule is O=S(=O)(Cc1cccc(-c2nc3ccncc3s2)c1)c1csc2ccccc12. The van der Waals surface area contributed by atoms with Crippen LogP contribution in [0.5, 0.6) is 0 Å². The maximum Gasteiger partial charge on any atom is 0.183 e. The van der Waals surface area contributed by atoms with E-state index in [4.69, 9.17) is 0 Å². The van der Waals surface area contributed by atoms with Crippen molar-refractivity contribution in [2.75, 3.05) is 0 Å². The van der Waals surface area contributed by atoms with Crippen LogP contribution in [0, 0.1) is 0 Å². The van der Waals surface area contributed by atoms with E-state index in [0.717, 1.165) is 36.4 Å². The second-order valence-electron chi connectivity index (χ2n) is 6.42. The Morgan fingerprint density at radius 1 is 0.964 bits per heavy atom. The molecule has 0 radical (unpaired) electrons. The van der Waals surface area contributed by atoms with Gasteiger partial charge in [-0.25, -0.2) is 13.4 Å². The second-order valence-corrected chi connectivity index (χ2v) is 10.3. The number of nitrogens with zero attached hydrogens (tertiary/aromatic N) is 2. The Hall–Kier alpha value is -2.61. The van der Waals surface area contributed by atoms with Gasteiger partial charge < -0.3 is 0 Å². The minimum absolute atomic E-state index is 0.0337. The number of thiophene rings is 1. The highest BCUT2D eigenvalue weighted by atomic mass is 32.2. The molecule has 28 heavy (non-hydrogen) atoms. The summed E-state index contributed by atoms with van der Waals surface area (Å²) in [5.74, 6) is -0.0337. The van der Waals surface area contributed by atoms with Crippen molar-refractivity contribution < 1.29 is 8.42 Å². The highest BCUT2D eigenvalue weighted by Crippen LogP contribution is 2.33. The molecule has 0 saturated heterocycles. The summed E-state index contributed by atoms with van der Waals surface area (Å²) >= 11 is 3.02. The van der Waals surface area contributed by atoms with Gasteiger partial charge in [0.25, 0.3) is 0 Å². The van der Waals surface area contributed by atoms with Gasteiger partial charge in [0.1, 0.15) is 5.01 Å². The van der Waals surface area contributed by atoms with Crippen molar-refractivity contribution in [2.45, 2.75) is 10.6 Å². The smallest absolute Gasteiger partial charge is 0.183 e. The minimum Gasteiger partial charge on any atom is -0.263 e. The van der Waals surface area contributed by atoms with Crippen molar-refractivity contribution >= 4 is 52.8 Å². The zero-order valence-electron chi connectivity index (χ0n) is 14.6. The van der Waals surface area contributed by atoms with Gasteiger partial charge in [-0.2, -0.15) is 0 Å². The van der Waals surface area contributed by atoms with E-state index in [1.807, 2.05) is 54.6 Å². The Kier molecular flexibility index (Phi) is 4.23. The van der Waals surface area contributed by atoms with E-state index in [0.29, 0.717) is 4.90 Å². The molecule has 0 saturated carbocycles. The van der Waals surface area contributed by atoms with Crippen LogP contribution in [0.15, 0.2) is 77.3 Å². The van der Waals surface area contributed by atoms with Crippen molar-refractivity contribution in [3.05, 3.63) is 77.9 Å². The van der Waals surface area contributed by atoms with E-state index in [-0.39, 0.29) is 5.75 Å². The van der Waals surface area contributed by atoms with E-state index in [2.05, 4.69) is 9.97 Å². The summed E-state index contributed by atoms with van der Waals surface area (Å²) in [5.41, 5.74) is 2.58. The monoisotopic (exact) mass is 422 g/mol. The molecule has 5 aromatic rings. The number of sulfone groups is 1. The zero-order chi connectivity index (χ0) is 19.1. The summed E-state index contributed by atoms with van der Waals surface area (Å²) in [6.07, 6.45) is 3.52. The van der Waals surface area contributed by atoms with Gasteiger partial charge >= 0.3 is 0 Å². The van der Waals surface area contributed by atoms with Crippen molar-refractivity contribution in [1.82, 2.24) is 9.97 Å². The molecule has 0 atom stereocenters. The van der Waals surface area contributed by atoms with Crippen LogP contribution in [-0.4, -0.2) is 18.4 Å². The van der Waals surface area contributed by atoms with Crippen LogP contribution in [0.2, 0.25) is 0 Å². The molecule has 3 heterocycles. The molecule has 0 amide bonds. The molecule has 0 aliphatic carbocycles. The van der Waals surface area contributed by atoms with Crippen molar-refractivity contribution in [3.63, 3.8) is 0 Å². The molecule has 138 valence electrons. The molecule has 4 nitrogen and oxygen atoms in total. The molecule has 0 N–H and O–H groups in total. The van der Waals surface area contributed by atoms with Crippen LogP contribution in [0.1, 0.15) is 5.56 Å². The predicted octanol–water partition coefficient (Wildman–Crippen LogP) is 5.55. The number of hydrogen-bond donors (Lipinski definition) is 0. The van der Waals surface area contributed by atoms with Crippen molar-refractivity contribution in [3.8, 4) is 10.6 Å². The lowest BCUT2D eigenvalue weighted by Crippen LogP contribution is -2.04. The highest BCUT2D eigenvalue weighted by molar-refractivity contribution is 7.91. The fraction of sp³-hybridized carbons (Fsp3) is 0.0476. The van der Waals surface area contributed by atoms with Gasteiger partial charge in [0, 0.05) is 33.4 Å². The molecule has 7 heteroatoms. The maximum atomic E-state index is 13.1. The molecule has 0 unspecified atom stereocenters. The fourth-order valence-corrected chi connectivity index (χ4v) is 7.02. The lowest BCUT2D eigenvalue weighted by Gasteiger charge is -2.05. The van der Waals surface area contributed by atoms with Crippen LogP contribution < -0.4 is 0 Å². The minimum atomic E-state index is -3.44. The van der Waals surface area contributed by atoms with E-state index in [1.165, 1.54) is 11.3 Å². The summed E-state index contributed by atoms with van der Waals surface area (Å²) in [7, 11) is -3.44. The third-order valence-corrected chi connectivity index (χ3v) is 8.39. The number of rotatable bonds is 4. The lowest BCUT2D eigenvalue weighted by molar-refractivity contribution is 0.596. The first-order valence-electron chi connectivity index (χ1n) is 8.59. The summed E-state index contributed by atoms with van der Waals surface area (Å²) in [4.78, 5) is 9.18. The normalized spacial score (nSPS) is 12.0. The molecule has 0 spiro atoms. The number of aromatic nitrogens is 2. The second kappa shape index (κ2) is 6.77. The van der Waals surface area contributed by atoms with Crippen LogP contribution >= 0.6 is 22.7 Å². The van der Waals surface area contributed by atoms with Gasteiger partial charge in [0.2, 0.25) is 0 Å². The molecule has 0 aliphatic rings. The average molecular weight is 423 g/mol. The highest BCUT2D eigenvalue weighted by Gasteiger charge is 2.20. The number of benzene rings is 2. The Bertz CT molecular complexity index is 1380. The first-order valence-corrected chi connectivity index (χ1v) is 11.9. The summed E-state index contributed by atoms with van der Waals surface area (Å²) < 4.78 is 28.1. The molecule has 0 fully saturated rings. The molecular weight excluding hydrogens is 408 g/mol. The first-order chi connectivity index (χ1) is 13.6. The number of thiazole rings is 1. The van der Waals surface area contributed by atoms with E-state index in [9.17, 15) is 8.42 Å². The van der Waals surface area contributed by atoms with Crippen LogP contribution in [0.25, 0.3) is 30.9 Å². The molecule has 0 aliphatic heterocycles. The van der Waals surface area contributed by atoms with E-state index in [1.54, 1.807) is 29.1 Å². The van der Waals surface area contributed by atoms with Gasteiger partial charge in [0.15, 0.2) is 9.84 Å². The molecule has 0 bridgehead atoms. The largest absolute Gasteiger partial charge is 0.263 e. The Morgan fingerprint density at radius 3 is 2.75 bits per heavy atom. The predicted molar refractivity (Wildman–Crippen MR) is 116 cm³/mol. The topological polar surface area (TPSA) is 59.9 Å². The van der Waals surface area contributed by atoms with Crippen LogP contribution in [0.3, 0.4) is 0 Å².